The van der Waals surface area contributed by atoms with Gasteiger partial charge in [0.1, 0.15) is 18.1 Å². The van der Waals surface area contributed by atoms with Crippen LogP contribution in [-0.2, 0) is 16.0 Å². The van der Waals surface area contributed by atoms with Crippen molar-refractivity contribution >= 4 is 5.91 Å². The van der Waals surface area contributed by atoms with Gasteiger partial charge in [-0.2, -0.15) is 0 Å². The van der Waals surface area contributed by atoms with Gasteiger partial charge < -0.3 is 19.1 Å². The Morgan fingerprint density at radius 3 is 2.65 bits per heavy atom. The average molecular weight is 356 g/mol. The molecule has 6 heteroatoms. The standard InChI is InChI=1S/C20H24N2O4/c1-24-17-7-5-15(6-8-17)10-20(23)22-13-19(25-2)11-16(22)14-26-18-4-3-9-21-12-18/h3-9,12,16,19H,10-11,13-14H2,1-2H3/t16-,19+/m0/s1. The SMILES string of the molecule is COc1ccc(CC(=O)N2C[C@H](OC)C[C@H]2COc2cccnc2)cc1. The lowest BCUT2D eigenvalue weighted by molar-refractivity contribution is -0.132. The second-order valence-corrected chi connectivity index (χ2v) is 6.32. The first-order chi connectivity index (χ1) is 12.7. The maximum absolute atomic E-state index is 12.8. The average Bonchev–Trinajstić information content (AvgIpc) is 3.11. The van der Waals surface area contributed by atoms with Crippen molar-refractivity contribution in [2.45, 2.75) is 25.0 Å². The number of likely N-dealkylation sites (tertiary alicyclic amines) is 1. The number of rotatable bonds is 7. The fraction of sp³-hybridized carbons (Fsp3) is 0.400. The smallest absolute Gasteiger partial charge is 0.227 e. The van der Waals surface area contributed by atoms with E-state index in [9.17, 15) is 4.79 Å². The monoisotopic (exact) mass is 356 g/mol. The van der Waals surface area contributed by atoms with Gasteiger partial charge in [0, 0.05) is 19.9 Å². The number of hydrogen-bond acceptors (Lipinski definition) is 5. The highest BCUT2D eigenvalue weighted by Crippen LogP contribution is 2.23. The summed E-state index contributed by atoms with van der Waals surface area (Å²) in [4.78, 5) is 18.7. The second kappa shape index (κ2) is 8.67. The molecular formula is C20H24N2O4. The van der Waals surface area contributed by atoms with Crippen molar-refractivity contribution in [2.24, 2.45) is 0 Å². The van der Waals surface area contributed by atoms with Crippen LogP contribution in [0, 0.1) is 0 Å². The highest BCUT2D eigenvalue weighted by Gasteiger charge is 2.35. The molecule has 2 heterocycles. The lowest BCUT2D eigenvalue weighted by atomic mass is 10.1. The third-order valence-corrected chi connectivity index (χ3v) is 4.62. The molecule has 0 N–H and O–H groups in total. The zero-order valence-electron chi connectivity index (χ0n) is 15.1. The minimum Gasteiger partial charge on any atom is -0.497 e. The molecule has 0 aliphatic carbocycles. The van der Waals surface area contributed by atoms with Crippen LogP contribution in [0.2, 0.25) is 0 Å². The van der Waals surface area contributed by atoms with Crippen molar-refractivity contribution < 1.29 is 19.0 Å². The van der Waals surface area contributed by atoms with Crippen LogP contribution in [0.25, 0.3) is 0 Å². The van der Waals surface area contributed by atoms with E-state index in [0.717, 1.165) is 17.7 Å². The van der Waals surface area contributed by atoms with Gasteiger partial charge in [0.2, 0.25) is 5.91 Å². The van der Waals surface area contributed by atoms with E-state index in [1.54, 1.807) is 26.6 Å². The molecule has 1 aliphatic heterocycles. The maximum Gasteiger partial charge on any atom is 0.227 e. The van der Waals surface area contributed by atoms with Gasteiger partial charge in [0.15, 0.2) is 0 Å². The molecule has 0 saturated carbocycles. The number of nitrogens with zero attached hydrogens (tertiary/aromatic N) is 2. The Hall–Kier alpha value is -2.60. The molecule has 2 aromatic rings. The van der Waals surface area contributed by atoms with E-state index in [1.165, 1.54) is 0 Å². The zero-order chi connectivity index (χ0) is 18.4. The van der Waals surface area contributed by atoms with Crippen molar-refractivity contribution in [2.75, 3.05) is 27.4 Å². The molecule has 1 saturated heterocycles. The van der Waals surface area contributed by atoms with Crippen LogP contribution < -0.4 is 9.47 Å². The fourth-order valence-electron chi connectivity index (χ4n) is 3.15. The van der Waals surface area contributed by atoms with E-state index in [0.29, 0.717) is 25.3 Å². The Labute approximate surface area is 153 Å². The third kappa shape index (κ3) is 4.52. The molecule has 1 amide bonds. The number of methoxy groups -OCH3 is 2. The summed E-state index contributed by atoms with van der Waals surface area (Å²) in [5, 5.41) is 0. The van der Waals surface area contributed by atoms with Crippen molar-refractivity contribution in [1.29, 1.82) is 0 Å². The fourth-order valence-corrected chi connectivity index (χ4v) is 3.15. The molecule has 3 rings (SSSR count). The Kier molecular flexibility index (Phi) is 6.07. The number of benzene rings is 1. The molecule has 1 aromatic heterocycles. The Bertz CT molecular complexity index is 706. The van der Waals surface area contributed by atoms with Gasteiger partial charge in [-0.25, -0.2) is 0 Å². The summed E-state index contributed by atoms with van der Waals surface area (Å²) in [5.41, 5.74) is 0.962. The maximum atomic E-state index is 12.8. The zero-order valence-corrected chi connectivity index (χ0v) is 15.1. The van der Waals surface area contributed by atoms with Crippen LogP contribution in [0.1, 0.15) is 12.0 Å². The van der Waals surface area contributed by atoms with E-state index in [1.807, 2.05) is 41.3 Å². The van der Waals surface area contributed by atoms with Crippen molar-refractivity contribution in [3.05, 3.63) is 54.4 Å². The first-order valence-electron chi connectivity index (χ1n) is 8.67. The van der Waals surface area contributed by atoms with Crippen LogP contribution in [0.3, 0.4) is 0 Å². The van der Waals surface area contributed by atoms with Gasteiger partial charge in [-0.15, -0.1) is 0 Å². The Morgan fingerprint density at radius 2 is 2.00 bits per heavy atom. The third-order valence-electron chi connectivity index (χ3n) is 4.62. The molecule has 138 valence electrons. The topological polar surface area (TPSA) is 60.9 Å². The van der Waals surface area contributed by atoms with Crippen LogP contribution in [-0.4, -0.2) is 55.3 Å². The number of aromatic nitrogens is 1. The molecule has 0 spiro atoms. The molecule has 6 nitrogen and oxygen atoms in total. The Morgan fingerprint density at radius 1 is 1.19 bits per heavy atom. The van der Waals surface area contributed by atoms with Gasteiger partial charge in [-0.1, -0.05) is 12.1 Å². The largest absolute Gasteiger partial charge is 0.497 e. The normalized spacial score (nSPS) is 19.4. The summed E-state index contributed by atoms with van der Waals surface area (Å²) in [6.07, 6.45) is 4.53. The quantitative estimate of drug-likeness (QED) is 0.762. The number of hydrogen-bond donors (Lipinski definition) is 0. The predicted octanol–water partition coefficient (Wildman–Crippen LogP) is 2.33. The minimum absolute atomic E-state index is 0.00842. The lowest BCUT2D eigenvalue weighted by Crippen LogP contribution is -2.40. The van der Waals surface area contributed by atoms with Gasteiger partial charge >= 0.3 is 0 Å². The first-order valence-corrected chi connectivity index (χ1v) is 8.67. The molecule has 1 fully saturated rings. The minimum atomic E-state index is -0.00842. The van der Waals surface area contributed by atoms with Gasteiger partial charge in [-0.3, -0.25) is 9.78 Å². The molecule has 1 aliphatic rings. The van der Waals surface area contributed by atoms with Crippen LogP contribution >= 0.6 is 0 Å². The molecular weight excluding hydrogens is 332 g/mol. The molecule has 0 bridgehead atoms. The summed E-state index contributed by atoms with van der Waals surface area (Å²) in [6, 6.07) is 11.3. The first kappa shape index (κ1) is 18.2. The number of carbonyl (C=O) groups is 1. The predicted molar refractivity (Wildman–Crippen MR) is 97.3 cm³/mol. The van der Waals surface area contributed by atoms with E-state index in [-0.39, 0.29) is 18.1 Å². The highest BCUT2D eigenvalue weighted by molar-refractivity contribution is 5.79. The lowest BCUT2D eigenvalue weighted by Gasteiger charge is -2.24. The van der Waals surface area contributed by atoms with Gasteiger partial charge in [0.25, 0.3) is 0 Å². The van der Waals surface area contributed by atoms with Gasteiger partial charge in [0.05, 0.1) is 31.9 Å². The molecule has 0 radical (unpaired) electrons. The van der Waals surface area contributed by atoms with Crippen LogP contribution in [0.4, 0.5) is 0 Å². The van der Waals surface area contributed by atoms with E-state index >= 15 is 0 Å². The summed E-state index contributed by atoms with van der Waals surface area (Å²) < 4.78 is 16.5. The Balaban J connectivity index is 1.63. The number of pyridine rings is 1. The molecule has 2 atom stereocenters. The highest BCUT2D eigenvalue weighted by atomic mass is 16.5. The summed E-state index contributed by atoms with van der Waals surface area (Å²) in [6.45, 7) is 1.02. The van der Waals surface area contributed by atoms with Gasteiger partial charge in [-0.05, 0) is 36.2 Å². The summed E-state index contributed by atoms with van der Waals surface area (Å²) in [7, 11) is 3.31. The summed E-state index contributed by atoms with van der Waals surface area (Å²) >= 11 is 0. The molecule has 26 heavy (non-hydrogen) atoms. The second-order valence-electron chi connectivity index (χ2n) is 6.32. The number of amides is 1. The van der Waals surface area contributed by atoms with E-state index < -0.39 is 0 Å². The van der Waals surface area contributed by atoms with E-state index in [4.69, 9.17) is 14.2 Å². The van der Waals surface area contributed by atoms with Crippen LogP contribution in [0.5, 0.6) is 11.5 Å². The van der Waals surface area contributed by atoms with Crippen molar-refractivity contribution in [3.63, 3.8) is 0 Å². The summed E-state index contributed by atoms with van der Waals surface area (Å²) in [5.74, 6) is 1.56. The van der Waals surface area contributed by atoms with Crippen molar-refractivity contribution in [3.8, 4) is 11.5 Å². The van der Waals surface area contributed by atoms with Crippen molar-refractivity contribution in [1.82, 2.24) is 9.88 Å². The number of carbonyl (C=O) groups excluding carboxylic acids is 1. The van der Waals surface area contributed by atoms with Crippen LogP contribution in [0.15, 0.2) is 48.8 Å². The molecule has 1 aromatic carbocycles. The van der Waals surface area contributed by atoms with E-state index in [2.05, 4.69) is 4.98 Å². The molecule has 0 unspecified atom stereocenters. The number of ether oxygens (including phenoxy) is 3.